The smallest absolute Gasteiger partial charge is 0.390 e. The van der Waals surface area contributed by atoms with Crippen molar-refractivity contribution in [2.75, 3.05) is 6.54 Å². The van der Waals surface area contributed by atoms with Crippen LogP contribution in [0.5, 0.6) is 5.75 Å². The summed E-state index contributed by atoms with van der Waals surface area (Å²) in [5.74, 6) is 0.296. The molecule has 0 bridgehead atoms. The van der Waals surface area contributed by atoms with Crippen LogP contribution >= 0.6 is 15.9 Å². The van der Waals surface area contributed by atoms with Gasteiger partial charge in [0.1, 0.15) is 12.4 Å². The summed E-state index contributed by atoms with van der Waals surface area (Å²) in [6, 6.07) is 16.1. The second-order valence-electron chi connectivity index (χ2n) is 6.30. The molecule has 0 aliphatic heterocycles. The van der Waals surface area contributed by atoms with E-state index < -0.39 is 4.92 Å². The van der Waals surface area contributed by atoms with Gasteiger partial charge in [0, 0.05) is 12.1 Å². The second kappa shape index (κ2) is 9.33. The molecule has 3 aromatic rings. The lowest BCUT2D eigenvalue weighted by molar-refractivity contribution is -0.389. The van der Waals surface area contributed by atoms with Gasteiger partial charge < -0.3 is 20.2 Å². The highest BCUT2D eigenvalue weighted by Crippen LogP contribution is 2.24. The number of hydrogen-bond donors (Lipinski definition) is 1. The van der Waals surface area contributed by atoms with E-state index in [9.17, 15) is 14.9 Å². The first-order valence-electron chi connectivity index (χ1n) is 8.87. The van der Waals surface area contributed by atoms with Crippen molar-refractivity contribution < 1.29 is 14.5 Å². The van der Waals surface area contributed by atoms with Crippen LogP contribution < -0.4 is 10.1 Å². The Morgan fingerprint density at radius 2 is 2.03 bits per heavy atom. The highest BCUT2D eigenvalue weighted by Gasteiger charge is 2.15. The van der Waals surface area contributed by atoms with Crippen LogP contribution in [0.2, 0.25) is 0 Å². The fourth-order valence-electron chi connectivity index (χ4n) is 2.71. The number of aryl methyl sites for hydroxylation is 1. The highest BCUT2D eigenvalue weighted by molar-refractivity contribution is 9.10. The average molecular weight is 459 g/mol. The minimum absolute atomic E-state index is 0.202. The Hall–Kier alpha value is -3.20. The van der Waals surface area contributed by atoms with E-state index in [0.717, 1.165) is 15.8 Å². The molecule has 0 fully saturated rings. The van der Waals surface area contributed by atoms with Crippen LogP contribution in [0, 0.1) is 17.0 Å². The zero-order chi connectivity index (χ0) is 20.8. The van der Waals surface area contributed by atoms with E-state index in [2.05, 4.69) is 26.3 Å². The van der Waals surface area contributed by atoms with E-state index in [1.165, 1.54) is 10.7 Å². The molecular formula is C20H19BrN4O4. The minimum Gasteiger partial charge on any atom is -0.488 e. The number of aromatic nitrogens is 2. The lowest BCUT2D eigenvalue weighted by Crippen LogP contribution is -2.27. The predicted molar refractivity (Wildman–Crippen MR) is 111 cm³/mol. The Balaban J connectivity index is 1.55. The van der Waals surface area contributed by atoms with E-state index in [-0.39, 0.29) is 11.7 Å². The Morgan fingerprint density at radius 3 is 2.76 bits per heavy atom. The molecule has 150 valence electrons. The zero-order valence-corrected chi connectivity index (χ0v) is 17.3. The Labute approximate surface area is 175 Å². The molecule has 1 amide bonds. The van der Waals surface area contributed by atoms with Crippen molar-refractivity contribution in [3.05, 3.63) is 86.0 Å². The number of hydrogen-bond acceptors (Lipinski definition) is 5. The molecule has 0 radical (unpaired) electrons. The Morgan fingerprint density at radius 1 is 1.24 bits per heavy atom. The summed E-state index contributed by atoms with van der Waals surface area (Å²) in [4.78, 5) is 22.7. The van der Waals surface area contributed by atoms with E-state index in [4.69, 9.17) is 4.74 Å². The molecule has 0 saturated carbocycles. The maximum Gasteiger partial charge on any atom is 0.390 e. The molecule has 29 heavy (non-hydrogen) atoms. The molecule has 2 aromatic carbocycles. The number of ether oxygens (including phenoxy) is 1. The second-order valence-corrected chi connectivity index (χ2v) is 7.15. The summed E-state index contributed by atoms with van der Waals surface area (Å²) in [6.07, 6.45) is 0. The summed E-state index contributed by atoms with van der Waals surface area (Å²) < 4.78 is 8.15. The molecule has 0 aliphatic carbocycles. The molecule has 0 atom stereocenters. The largest absolute Gasteiger partial charge is 0.488 e. The summed E-state index contributed by atoms with van der Waals surface area (Å²) >= 11 is 3.44. The quantitative estimate of drug-likeness (QED) is 0.407. The van der Waals surface area contributed by atoms with Gasteiger partial charge in [-0.05, 0) is 57.6 Å². The van der Waals surface area contributed by atoms with Crippen molar-refractivity contribution in [2.45, 2.75) is 20.1 Å². The number of carbonyl (C=O) groups excluding carboxylic acids is 1. The van der Waals surface area contributed by atoms with E-state index in [0.29, 0.717) is 31.0 Å². The van der Waals surface area contributed by atoms with Crippen molar-refractivity contribution in [3.8, 4) is 5.75 Å². The van der Waals surface area contributed by atoms with Crippen molar-refractivity contribution in [3.63, 3.8) is 0 Å². The number of nitrogens with one attached hydrogen (secondary N) is 1. The number of nitrogens with zero attached hydrogens (tertiary/aromatic N) is 3. The van der Waals surface area contributed by atoms with Gasteiger partial charge in [0.15, 0.2) is 0 Å². The third-order valence-electron chi connectivity index (χ3n) is 4.18. The fourth-order valence-corrected chi connectivity index (χ4v) is 3.11. The normalized spacial score (nSPS) is 10.6. The van der Waals surface area contributed by atoms with Crippen LogP contribution in [0.1, 0.15) is 21.6 Å². The fraction of sp³-hybridized carbons (Fsp3) is 0.200. The number of halogens is 1. The first kappa shape index (κ1) is 20.5. The molecule has 9 heteroatoms. The highest BCUT2D eigenvalue weighted by atomic mass is 79.9. The SMILES string of the molecule is Cc1cc([N+](=O)[O-])nn1CCNC(=O)c1cccc(COc2ccccc2Br)c1. The molecule has 1 heterocycles. The summed E-state index contributed by atoms with van der Waals surface area (Å²) in [7, 11) is 0. The molecule has 0 unspecified atom stereocenters. The third kappa shape index (κ3) is 5.41. The number of benzene rings is 2. The van der Waals surface area contributed by atoms with Crippen LogP contribution in [-0.2, 0) is 13.2 Å². The number of rotatable bonds is 8. The molecular weight excluding hydrogens is 440 g/mol. The van der Waals surface area contributed by atoms with E-state index in [1.807, 2.05) is 30.3 Å². The van der Waals surface area contributed by atoms with Crippen molar-refractivity contribution >= 4 is 27.7 Å². The zero-order valence-electron chi connectivity index (χ0n) is 15.7. The van der Waals surface area contributed by atoms with Crippen LogP contribution in [0.4, 0.5) is 5.82 Å². The van der Waals surface area contributed by atoms with Gasteiger partial charge in [0.05, 0.1) is 27.9 Å². The lowest BCUT2D eigenvalue weighted by atomic mass is 10.1. The Kier molecular flexibility index (Phi) is 6.61. The topological polar surface area (TPSA) is 99.3 Å². The van der Waals surface area contributed by atoms with Gasteiger partial charge in [-0.3, -0.25) is 4.79 Å². The molecule has 8 nitrogen and oxygen atoms in total. The monoisotopic (exact) mass is 458 g/mol. The molecule has 0 aliphatic rings. The summed E-state index contributed by atoms with van der Waals surface area (Å²) in [5.41, 5.74) is 2.05. The van der Waals surface area contributed by atoms with E-state index in [1.54, 1.807) is 25.1 Å². The van der Waals surface area contributed by atoms with Gasteiger partial charge in [0.2, 0.25) is 0 Å². The maximum absolute atomic E-state index is 12.4. The lowest BCUT2D eigenvalue weighted by Gasteiger charge is -2.10. The number of amides is 1. The van der Waals surface area contributed by atoms with Gasteiger partial charge in [-0.1, -0.05) is 24.3 Å². The van der Waals surface area contributed by atoms with Gasteiger partial charge in [-0.25, -0.2) is 0 Å². The van der Waals surface area contributed by atoms with Crippen molar-refractivity contribution in [2.24, 2.45) is 0 Å². The third-order valence-corrected chi connectivity index (χ3v) is 4.84. The molecule has 0 saturated heterocycles. The van der Waals surface area contributed by atoms with Crippen LogP contribution in [0.25, 0.3) is 0 Å². The molecule has 1 aromatic heterocycles. The van der Waals surface area contributed by atoms with Gasteiger partial charge in [0.25, 0.3) is 5.91 Å². The maximum atomic E-state index is 12.4. The average Bonchev–Trinajstić information content (AvgIpc) is 3.08. The number of nitro groups is 1. The minimum atomic E-state index is -0.538. The van der Waals surface area contributed by atoms with Gasteiger partial charge in [-0.15, -0.1) is 0 Å². The van der Waals surface area contributed by atoms with Crippen LogP contribution in [0.3, 0.4) is 0 Å². The molecule has 1 N–H and O–H groups in total. The van der Waals surface area contributed by atoms with Gasteiger partial charge in [-0.2, -0.15) is 4.68 Å². The standard InChI is InChI=1S/C20H19BrN4O4/c1-14-11-19(25(27)28)23-24(14)10-9-22-20(26)16-6-4-5-15(12-16)13-29-18-8-3-2-7-17(18)21/h2-8,11-12H,9-10,13H2,1H3,(H,22,26). The first-order valence-corrected chi connectivity index (χ1v) is 9.66. The van der Waals surface area contributed by atoms with Crippen molar-refractivity contribution in [1.82, 2.24) is 15.1 Å². The van der Waals surface area contributed by atoms with Crippen LogP contribution in [-0.4, -0.2) is 27.2 Å². The van der Waals surface area contributed by atoms with Crippen molar-refractivity contribution in [1.29, 1.82) is 0 Å². The van der Waals surface area contributed by atoms with Crippen LogP contribution in [0.15, 0.2) is 59.1 Å². The molecule has 0 spiro atoms. The number of para-hydroxylation sites is 1. The predicted octanol–water partition coefficient (Wildman–Crippen LogP) is 3.87. The summed E-state index contributed by atoms with van der Waals surface area (Å²) in [5, 5.41) is 17.5. The number of carbonyl (C=O) groups is 1. The Bertz CT molecular complexity index is 1030. The molecule has 3 rings (SSSR count). The van der Waals surface area contributed by atoms with Gasteiger partial charge >= 0.3 is 5.82 Å². The first-order chi connectivity index (χ1) is 13.9. The van der Waals surface area contributed by atoms with E-state index >= 15 is 0 Å². The summed E-state index contributed by atoms with van der Waals surface area (Å²) in [6.45, 7) is 2.71.